The summed E-state index contributed by atoms with van der Waals surface area (Å²) in [6.07, 6.45) is 1.79. The van der Waals surface area contributed by atoms with Gasteiger partial charge in [-0.1, -0.05) is 29.8 Å². The highest BCUT2D eigenvalue weighted by molar-refractivity contribution is 6.31. The molecule has 18 heavy (non-hydrogen) atoms. The number of fused-ring (bicyclic) bond motifs is 1. The highest BCUT2D eigenvalue weighted by Gasteiger charge is 2.04. The van der Waals surface area contributed by atoms with Gasteiger partial charge in [0.1, 0.15) is 0 Å². The van der Waals surface area contributed by atoms with Crippen LogP contribution in [0.25, 0.3) is 16.6 Å². The van der Waals surface area contributed by atoms with E-state index in [0.29, 0.717) is 10.4 Å². The first kappa shape index (κ1) is 11.1. The lowest BCUT2D eigenvalue weighted by Gasteiger charge is -2.10. The average Bonchev–Trinajstić information content (AvgIpc) is 2.41. The summed E-state index contributed by atoms with van der Waals surface area (Å²) in [5.41, 5.74) is 1.86. The molecular formula is C15H10ClNO. The first-order valence-electron chi connectivity index (χ1n) is 5.62. The number of nitrogens with zero attached hydrogens (tertiary/aromatic N) is 1. The van der Waals surface area contributed by atoms with Crippen LogP contribution in [0.1, 0.15) is 0 Å². The number of aromatic nitrogens is 1. The fourth-order valence-electron chi connectivity index (χ4n) is 2.04. The molecule has 0 aliphatic carbocycles. The van der Waals surface area contributed by atoms with Crippen molar-refractivity contribution in [2.24, 2.45) is 0 Å². The summed E-state index contributed by atoms with van der Waals surface area (Å²) in [4.78, 5) is 11.8. The molecule has 0 aliphatic rings. The van der Waals surface area contributed by atoms with Crippen molar-refractivity contribution in [1.29, 1.82) is 0 Å². The summed E-state index contributed by atoms with van der Waals surface area (Å²) in [5, 5.41) is 1.21. The van der Waals surface area contributed by atoms with Gasteiger partial charge < -0.3 is 4.57 Å². The second-order valence-corrected chi connectivity index (χ2v) is 4.48. The van der Waals surface area contributed by atoms with Crippen molar-refractivity contribution in [2.45, 2.75) is 0 Å². The summed E-state index contributed by atoms with van der Waals surface area (Å²) >= 11 is 5.94. The first-order valence-corrected chi connectivity index (χ1v) is 6.00. The van der Waals surface area contributed by atoms with Crippen LogP contribution in [0, 0.1) is 0 Å². The second-order valence-electron chi connectivity index (χ2n) is 4.05. The van der Waals surface area contributed by atoms with Crippen molar-refractivity contribution in [2.75, 3.05) is 0 Å². The van der Waals surface area contributed by atoms with Crippen molar-refractivity contribution >= 4 is 22.5 Å². The maximum Gasteiger partial charge on any atom is 0.189 e. The molecule has 0 bridgehead atoms. The molecule has 88 valence electrons. The lowest BCUT2D eigenvalue weighted by molar-refractivity contribution is 1.10. The van der Waals surface area contributed by atoms with Gasteiger partial charge in [-0.2, -0.15) is 0 Å². The molecular weight excluding hydrogens is 246 g/mol. The van der Waals surface area contributed by atoms with Crippen LogP contribution in [0.15, 0.2) is 65.6 Å². The van der Waals surface area contributed by atoms with Gasteiger partial charge in [0.05, 0.1) is 5.52 Å². The summed E-state index contributed by atoms with van der Waals surface area (Å²) in [6.45, 7) is 0. The zero-order valence-corrected chi connectivity index (χ0v) is 10.3. The van der Waals surface area contributed by atoms with E-state index in [1.165, 1.54) is 0 Å². The van der Waals surface area contributed by atoms with E-state index in [4.69, 9.17) is 11.6 Å². The Morgan fingerprint density at radius 2 is 1.72 bits per heavy atom. The molecule has 0 N–H and O–H groups in total. The van der Waals surface area contributed by atoms with E-state index in [1.807, 2.05) is 41.0 Å². The van der Waals surface area contributed by atoms with Crippen LogP contribution < -0.4 is 5.43 Å². The molecule has 0 aliphatic heterocycles. The smallest absolute Gasteiger partial charge is 0.189 e. The van der Waals surface area contributed by atoms with Gasteiger partial charge in [-0.3, -0.25) is 4.79 Å². The van der Waals surface area contributed by atoms with Gasteiger partial charge in [-0.15, -0.1) is 0 Å². The molecule has 0 amide bonds. The SMILES string of the molecule is O=c1ccn(-c2ccccc2)c2ccc(Cl)cc12. The van der Waals surface area contributed by atoms with E-state index in [-0.39, 0.29) is 5.43 Å². The third kappa shape index (κ3) is 1.81. The van der Waals surface area contributed by atoms with Crippen LogP contribution in [0.2, 0.25) is 5.02 Å². The number of halogens is 1. The predicted octanol–water partition coefficient (Wildman–Crippen LogP) is 3.64. The average molecular weight is 256 g/mol. The molecule has 0 saturated heterocycles. The van der Waals surface area contributed by atoms with E-state index >= 15 is 0 Å². The minimum absolute atomic E-state index is 0.0142. The Bertz CT molecular complexity index is 762. The van der Waals surface area contributed by atoms with Gasteiger partial charge >= 0.3 is 0 Å². The van der Waals surface area contributed by atoms with Crippen LogP contribution in [-0.4, -0.2) is 4.57 Å². The lowest BCUT2D eigenvalue weighted by Crippen LogP contribution is -2.06. The lowest BCUT2D eigenvalue weighted by atomic mass is 10.2. The molecule has 1 heterocycles. The van der Waals surface area contributed by atoms with E-state index in [1.54, 1.807) is 24.4 Å². The molecule has 3 aromatic rings. The van der Waals surface area contributed by atoms with Crippen molar-refractivity contribution < 1.29 is 0 Å². The minimum Gasteiger partial charge on any atom is -0.316 e. The molecule has 0 saturated carbocycles. The minimum atomic E-state index is -0.0142. The third-order valence-electron chi connectivity index (χ3n) is 2.89. The van der Waals surface area contributed by atoms with Gasteiger partial charge in [0, 0.05) is 28.4 Å². The quantitative estimate of drug-likeness (QED) is 0.651. The number of rotatable bonds is 1. The Morgan fingerprint density at radius 3 is 2.50 bits per heavy atom. The van der Waals surface area contributed by atoms with Crippen molar-refractivity contribution in [3.63, 3.8) is 0 Å². The van der Waals surface area contributed by atoms with Gasteiger partial charge in [0.2, 0.25) is 0 Å². The van der Waals surface area contributed by atoms with Gasteiger partial charge in [0.25, 0.3) is 0 Å². The Hall–Kier alpha value is -2.06. The molecule has 1 aromatic heterocycles. The molecule has 2 nitrogen and oxygen atoms in total. The van der Waals surface area contributed by atoms with Crippen molar-refractivity contribution in [1.82, 2.24) is 4.57 Å². The van der Waals surface area contributed by atoms with Gasteiger partial charge in [-0.05, 0) is 30.3 Å². The number of pyridine rings is 1. The van der Waals surface area contributed by atoms with Crippen LogP contribution in [-0.2, 0) is 0 Å². The van der Waals surface area contributed by atoms with E-state index in [9.17, 15) is 4.79 Å². The number of hydrogen-bond acceptors (Lipinski definition) is 1. The Balaban J connectivity index is 2.39. The first-order chi connectivity index (χ1) is 8.75. The highest BCUT2D eigenvalue weighted by atomic mass is 35.5. The number of para-hydroxylation sites is 1. The third-order valence-corrected chi connectivity index (χ3v) is 3.13. The summed E-state index contributed by atoms with van der Waals surface area (Å²) in [7, 11) is 0. The Morgan fingerprint density at radius 1 is 0.944 bits per heavy atom. The van der Waals surface area contributed by atoms with E-state index in [0.717, 1.165) is 11.2 Å². The number of hydrogen-bond donors (Lipinski definition) is 0. The van der Waals surface area contributed by atoms with E-state index in [2.05, 4.69) is 0 Å². The molecule has 2 aromatic carbocycles. The fraction of sp³-hybridized carbons (Fsp3) is 0. The van der Waals surface area contributed by atoms with Gasteiger partial charge in [-0.25, -0.2) is 0 Å². The van der Waals surface area contributed by atoms with Crippen molar-refractivity contribution in [3.05, 3.63) is 76.0 Å². The van der Waals surface area contributed by atoms with Crippen molar-refractivity contribution in [3.8, 4) is 5.69 Å². The van der Waals surface area contributed by atoms with Gasteiger partial charge in [0.15, 0.2) is 5.43 Å². The zero-order valence-electron chi connectivity index (χ0n) is 9.51. The molecule has 0 atom stereocenters. The fourth-order valence-corrected chi connectivity index (χ4v) is 2.21. The number of benzene rings is 2. The topological polar surface area (TPSA) is 22.0 Å². The standard InChI is InChI=1S/C15H10ClNO/c16-11-6-7-14-13(10-11)15(18)8-9-17(14)12-4-2-1-3-5-12/h1-10H. The summed E-state index contributed by atoms with van der Waals surface area (Å²) in [5.74, 6) is 0. The van der Waals surface area contributed by atoms with Crippen LogP contribution in [0.4, 0.5) is 0 Å². The van der Waals surface area contributed by atoms with E-state index < -0.39 is 0 Å². The molecule has 0 spiro atoms. The molecule has 0 unspecified atom stereocenters. The monoisotopic (exact) mass is 255 g/mol. The summed E-state index contributed by atoms with van der Waals surface area (Å²) in [6, 6.07) is 16.8. The molecule has 3 heteroatoms. The maximum absolute atomic E-state index is 11.8. The largest absolute Gasteiger partial charge is 0.316 e. The summed E-state index contributed by atoms with van der Waals surface area (Å²) < 4.78 is 1.98. The highest BCUT2D eigenvalue weighted by Crippen LogP contribution is 2.19. The normalized spacial score (nSPS) is 10.7. The van der Waals surface area contributed by atoms with Crippen LogP contribution >= 0.6 is 11.6 Å². The second kappa shape index (κ2) is 4.31. The Kier molecular flexibility index (Phi) is 2.65. The van der Waals surface area contributed by atoms with Crippen LogP contribution in [0.3, 0.4) is 0 Å². The molecule has 3 rings (SSSR count). The maximum atomic E-state index is 11.8. The molecule has 0 radical (unpaired) electrons. The van der Waals surface area contributed by atoms with Crippen LogP contribution in [0.5, 0.6) is 0 Å². The Labute approximate surface area is 109 Å². The zero-order chi connectivity index (χ0) is 12.5. The molecule has 0 fully saturated rings. The predicted molar refractivity (Wildman–Crippen MR) is 74.6 cm³/mol.